The summed E-state index contributed by atoms with van der Waals surface area (Å²) in [5.41, 5.74) is 2.54. The van der Waals surface area contributed by atoms with Crippen molar-refractivity contribution in [3.8, 4) is 17.0 Å². The van der Waals surface area contributed by atoms with Gasteiger partial charge in [0.2, 0.25) is 0 Å². The Morgan fingerprint density at radius 2 is 2.13 bits per heavy atom. The number of halogens is 1. The van der Waals surface area contributed by atoms with Crippen LogP contribution in [-0.2, 0) is 4.74 Å². The minimum Gasteiger partial charge on any atom is -0.467 e. The van der Waals surface area contributed by atoms with Crippen molar-refractivity contribution in [1.29, 1.82) is 0 Å². The number of nitrogens with zero attached hydrogens (tertiary/aromatic N) is 4. The number of likely N-dealkylation sites (tertiary alicyclic amines) is 1. The molecule has 0 saturated carbocycles. The summed E-state index contributed by atoms with van der Waals surface area (Å²) in [5.74, 6) is 1.37. The Morgan fingerprint density at radius 1 is 1.27 bits per heavy atom. The average molecular weight is 428 g/mol. The topological polar surface area (TPSA) is 72.4 Å². The SMILES string of the molecule is COCOc1cc(Cl)cc(C)c1-c1nnc(N[C@@H]2CCCN(C)C2)c2cnccc12. The van der Waals surface area contributed by atoms with Crippen molar-refractivity contribution in [2.45, 2.75) is 25.8 Å². The van der Waals surface area contributed by atoms with Crippen LogP contribution in [0.1, 0.15) is 18.4 Å². The molecule has 1 aromatic carbocycles. The Bertz CT molecular complexity index is 1050. The third-order valence-electron chi connectivity index (χ3n) is 5.38. The Kier molecular flexibility index (Phi) is 6.32. The first-order valence-corrected chi connectivity index (χ1v) is 10.4. The molecular weight excluding hydrogens is 402 g/mol. The summed E-state index contributed by atoms with van der Waals surface area (Å²) in [6.45, 7) is 4.22. The summed E-state index contributed by atoms with van der Waals surface area (Å²) in [5, 5.41) is 15.2. The molecule has 3 aromatic rings. The van der Waals surface area contributed by atoms with E-state index < -0.39 is 0 Å². The second-order valence-corrected chi connectivity index (χ2v) is 8.15. The molecule has 0 bridgehead atoms. The van der Waals surface area contributed by atoms with Crippen LogP contribution in [0.25, 0.3) is 22.0 Å². The van der Waals surface area contributed by atoms with Gasteiger partial charge in [-0.25, -0.2) is 0 Å². The van der Waals surface area contributed by atoms with E-state index in [1.165, 1.54) is 6.42 Å². The molecule has 0 unspecified atom stereocenters. The lowest BCUT2D eigenvalue weighted by atomic mass is 10.00. The lowest BCUT2D eigenvalue weighted by Gasteiger charge is -2.30. The zero-order valence-electron chi connectivity index (χ0n) is 17.5. The quantitative estimate of drug-likeness (QED) is 0.592. The van der Waals surface area contributed by atoms with Gasteiger partial charge in [-0.1, -0.05) is 11.6 Å². The third-order valence-corrected chi connectivity index (χ3v) is 5.60. The van der Waals surface area contributed by atoms with Gasteiger partial charge in [0.25, 0.3) is 0 Å². The number of pyridine rings is 1. The van der Waals surface area contributed by atoms with E-state index in [0.717, 1.165) is 52.9 Å². The number of nitrogens with one attached hydrogen (secondary N) is 1. The van der Waals surface area contributed by atoms with Gasteiger partial charge in [-0.05, 0) is 57.1 Å². The summed E-state index contributed by atoms with van der Waals surface area (Å²) in [6, 6.07) is 5.98. The molecule has 0 amide bonds. The summed E-state index contributed by atoms with van der Waals surface area (Å²) in [7, 11) is 3.73. The summed E-state index contributed by atoms with van der Waals surface area (Å²) < 4.78 is 10.9. The zero-order chi connectivity index (χ0) is 21.1. The highest BCUT2D eigenvalue weighted by Gasteiger charge is 2.21. The number of rotatable bonds is 6. The molecule has 4 rings (SSSR count). The van der Waals surface area contributed by atoms with Gasteiger partial charge in [-0.2, -0.15) is 0 Å². The predicted molar refractivity (Wildman–Crippen MR) is 119 cm³/mol. The van der Waals surface area contributed by atoms with Crippen molar-refractivity contribution < 1.29 is 9.47 Å². The van der Waals surface area contributed by atoms with Gasteiger partial charge in [0.05, 0.1) is 0 Å². The van der Waals surface area contributed by atoms with Gasteiger partial charge in [0.15, 0.2) is 12.6 Å². The van der Waals surface area contributed by atoms with Crippen molar-refractivity contribution in [2.75, 3.05) is 39.4 Å². The molecule has 0 spiro atoms. The molecular formula is C22H26ClN5O2. The third kappa shape index (κ3) is 4.33. The summed E-state index contributed by atoms with van der Waals surface area (Å²) >= 11 is 6.27. The molecule has 2 aromatic heterocycles. The van der Waals surface area contributed by atoms with Crippen molar-refractivity contribution in [1.82, 2.24) is 20.1 Å². The van der Waals surface area contributed by atoms with Gasteiger partial charge in [-0.15, -0.1) is 10.2 Å². The van der Waals surface area contributed by atoms with E-state index in [1.807, 2.05) is 25.3 Å². The van der Waals surface area contributed by atoms with Crippen LogP contribution in [0.15, 0.2) is 30.6 Å². The largest absolute Gasteiger partial charge is 0.467 e. The van der Waals surface area contributed by atoms with Crippen LogP contribution in [0.3, 0.4) is 0 Å². The van der Waals surface area contributed by atoms with E-state index in [4.69, 9.17) is 21.1 Å². The van der Waals surface area contributed by atoms with E-state index in [1.54, 1.807) is 19.4 Å². The lowest BCUT2D eigenvalue weighted by molar-refractivity contribution is 0.0515. The maximum atomic E-state index is 6.27. The monoisotopic (exact) mass is 427 g/mol. The minimum atomic E-state index is 0.120. The van der Waals surface area contributed by atoms with Crippen LogP contribution in [0.2, 0.25) is 5.02 Å². The molecule has 0 aliphatic carbocycles. The number of methoxy groups -OCH3 is 1. The van der Waals surface area contributed by atoms with Gasteiger partial charge in [-0.3, -0.25) is 4.98 Å². The first-order chi connectivity index (χ1) is 14.6. The summed E-state index contributed by atoms with van der Waals surface area (Å²) in [4.78, 5) is 6.67. The van der Waals surface area contributed by atoms with E-state index in [-0.39, 0.29) is 6.79 Å². The van der Waals surface area contributed by atoms with Gasteiger partial charge >= 0.3 is 0 Å². The van der Waals surface area contributed by atoms with Crippen molar-refractivity contribution in [3.63, 3.8) is 0 Å². The van der Waals surface area contributed by atoms with Gasteiger partial charge in [0.1, 0.15) is 11.4 Å². The van der Waals surface area contributed by atoms with Crippen molar-refractivity contribution in [2.24, 2.45) is 0 Å². The van der Waals surface area contributed by atoms with Crippen LogP contribution in [0.5, 0.6) is 5.75 Å². The minimum absolute atomic E-state index is 0.120. The van der Waals surface area contributed by atoms with Gasteiger partial charge < -0.3 is 19.7 Å². The predicted octanol–water partition coefficient (Wildman–Crippen LogP) is 4.14. The number of aryl methyl sites for hydroxylation is 1. The number of aromatic nitrogens is 3. The molecule has 1 N–H and O–H groups in total. The number of benzene rings is 1. The Morgan fingerprint density at radius 3 is 2.93 bits per heavy atom. The van der Waals surface area contributed by atoms with E-state index in [2.05, 4.69) is 32.4 Å². The zero-order valence-corrected chi connectivity index (χ0v) is 18.2. The molecule has 158 valence electrons. The maximum absolute atomic E-state index is 6.27. The van der Waals surface area contributed by atoms with Gasteiger partial charge in [0, 0.05) is 53.4 Å². The van der Waals surface area contributed by atoms with Crippen molar-refractivity contribution >= 4 is 28.2 Å². The first kappa shape index (κ1) is 20.8. The molecule has 8 heteroatoms. The van der Waals surface area contributed by atoms with Crippen LogP contribution in [0.4, 0.5) is 5.82 Å². The number of likely N-dealkylation sites (N-methyl/N-ethyl adjacent to an activating group) is 1. The summed E-state index contributed by atoms with van der Waals surface area (Å²) in [6.07, 6.45) is 5.89. The molecule has 1 aliphatic rings. The van der Waals surface area contributed by atoms with Crippen molar-refractivity contribution in [3.05, 3.63) is 41.2 Å². The molecule has 1 aliphatic heterocycles. The Labute approximate surface area is 181 Å². The molecule has 1 atom stereocenters. The molecule has 0 radical (unpaired) electrons. The highest BCUT2D eigenvalue weighted by atomic mass is 35.5. The number of piperidine rings is 1. The van der Waals surface area contributed by atoms with Crippen LogP contribution in [-0.4, -0.2) is 60.2 Å². The number of fused-ring (bicyclic) bond motifs is 1. The second kappa shape index (κ2) is 9.12. The number of hydrogen-bond acceptors (Lipinski definition) is 7. The maximum Gasteiger partial charge on any atom is 0.188 e. The van der Waals surface area contributed by atoms with E-state index in [9.17, 15) is 0 Å². The normalized spacial score (nSPS) is 17.3. The lowest BCUT2D eigenvalue weighted by Crippen LogP contribution is -2.40. The number of hydrogen-bond donors (Lipinski definition) is 1. The van der Waals surface area contributed by atoms with Crippen LogP contribution >= 0.6 is 11.6 Å². The number of ether oxygens (including phenoxy) is 2. The Hall–Kier alpha value is -2.48. The molecule has 7 nitrogen and oxygen atoms in total. The number of anilines is 1. The highest BCUT2D eigenvalue weighted by Crippen LogP contribution is 2.39. The molecule has 1 fully saturated rings. The van der Waals surface area contributed by atoms with E-state index in [0.29, 0.717) is 16.8 Å². The fourth-order valence-electron chi connectivity index (χ4n) is 4.02. The Balaban J connectivity index is 1.79. The van der Waals surface area contributed by atoms with Crippen LogP contribution in [0, 0.1) is 6.92 Å². The fraction of sp³-hybridized carbons (Fsp3) is 0.409. The average Bonchev–Trinajstić information content (AvgIpc) is 2.73. The fourth-order valence-corrected chi connectivity index (χ4v) is 4.28. The van der Waals surface area contributed by atoms with Crippen LogP contribution < -0.4 is 10.1 Å². The molecule has 1 saturated heterocycles. The first-order valence-electron chi connectivity index (χ1n) is 10.0. The second-order valence-electron chi connectivity index (χ2n) is 7.71. The standard InChI is InChI=1S/C22H26ClN5O2/c1-14-9-15(23)10-19(30-13-29-3)20(14)21-17-6-7-24-11-18(17)22(27-26-21)25-16-5-4-8-28(2)12-16/h6-7,9-11,16H,4-5,8,12-13H2,1-3H3,(H,25,27)/t16-/m1/s1. The van der Waals surface area contributed by atoms with E-state index >= 15 is 0 Å². The molecule has 3 heterocycles. The molecule has 30 heavy (non-hydrogen) atoms. The smallest absolute Gasteiger partial charge is 0.188 e. The highest BCUT2D eigenvalue weighted by molar-refractivity contribution is 6.31.